The summed E-state index contributed by atoms with van der Waals surface area (Å²) in [5.74, 6) is -0.592. The van der Waals surface area contributed by atoms with Gasteiger partial charge >= 0.3 is 0 Å². The van der Waals surface area contributed by atoms with E-state index in [0.717, 1.165) is 17.3 Å². The fraction of sp³-hybridized carbons (Fsp3) is 0.0526. The Morgan fingerprint density at radius 3 is 2.70 bits per heavy atom. The van der Waals surface area contributed by atoms with Crippen molar-refractivity contribution in [2.75, 3.05) is 0 Å². The lowest BCUT2D eigenvalue weighted by Crippen LogP contribution is -2.24. The molecule has 1 N–H and O–H groups in total. The van der Waals surface area contributed by atoms with Gasteiger partial charge < -0.3 is 5.32 Å². The predicted molar refractivity (Wildman–Crippen MR) is 98.8 cm³/mol. The molecule has 0 fully saturated rings. The molecule has 6 nitrogen and oxygen atoms in total. The highest BCUT2D eigenvalue weighted by molar-refractivity contribution is 6.33. The van der Waals surface area contributed by atoms with E-state index in [9.17, 15) is 9.18 Å². The van der Waals surface area contributed by atoms with Gasteiger partial charge in [0.05, 0.1) is 22.8 Å². The van der Waals surface area contributed by atoms with Crippen LogP contribution >= 0.6 is 11.6 Å². The fourth-order valence-corrected chi connectivity index (χ4v) is 2.84. The molecule has 2 aromatic heterocycles. The summed E-state index contributed by atoms with van der Waals surface area (Å²) in [5.41, 5.74) is 2.32. The largest absolute Gasteiger partial charge is 0.345 e. The zero-order valence-electron chi connectivity index (χ0n) is 13.9. The first kappa shape index (κ1) is 17.1. The molecule has 0 radical (unpaired) electrons. The third kappa shape index (κ3) is 3.50. The Morgan fingerprint density at radius 2 is 1.89 bits per heavy atom. The minimum Gasteiger partial charge on any atom is -0.345 e. The van der Waals surface area contributed by atoms with Crippen LogP contribution in [-0.2, 0) is 6.54 Å². The van der Waals surface area contributed by atoms with Gasteiger partial charge in [-0.15, -0.1) is 10.2 Å². The topological polar surface area (TPSA) is 72.2 Å². The van der Waals surface area contributed by atoms with Crippen LogP contribution in [0.5, 0.6) is 0 Å². The maximum atomic E-state index is 13.4. The Kier molecular flexibility index (Phi) is 4.52. The van der Waals surface area contributed by atoms with E-state index in [4.69, 9.17) is 11.6 Å². The highest BCUT2D eigenvalue weighted by Gasteiger charge is 2.14. The van der Waals surface area contributed by atoms with E-state index in [-0.39, 0.29) is 17.1 Å². The van der Waals surface area contributed by atoms with Gasteiger partial charge in [-0.3, -0.25) is 4.79 Å². The van der Waals surface area contributed by atoms with Crippen LogP contribution in [0.2, 0.25) is 5.02 Å². The summed E-state index contributed by atoms with van der Waals surface area (Å²) in [6, 6.07) is 17.0. The molecule has 134 valence electrons. The average Bonchev–Trinajstić information content (AvgIpc) is 3.11. The predicted octanol–water partition coefficient (Wildman–Crippen LogP) is 3.51. The molecule has 0 bridgehead atoms. The number of carbonyl (C=O) groups is 1. The summed E-state index contributed by atoms with van der Waals surface area (Å²) in [6.45, 7) is 0.0675. The Bertz CT molecular complexity index is 1130. The molecule has 0 saturated carbocycles. The molecule has 2 aromatic carbocycles. The molecular weight excluding hydrogens is 369 g/mol. The molecular formula is C19H13ClFN5O. The summed E-state index contributed by atoms with van der Waals surface area (Å²) in [5, 5.41) is 15.5. The Hall–Kier alpha value is -3.32. The van der Waals surface area contributed by atoms with Gasteiger partial charge in [0.2, 0.25) is 0 Å². The summed E-state index contributed by atoms with van der Waals surface area (Å²) in [4.78, 5) is 12.3. The zero-order chi connectivity index (χ0) is 18.8. The summed E-state index contributed by atoms with van der Waals surface area (Å²) < 4.78 is 14.9. The first-order valence-electron chi connectivity index (χ1n) is 8.12. The summed E-state index contributed by atoms with van der Waals surface area (Å²) >= 11 is 5.96. The molecule has 0 saturated heterocycles. The van der Waals surface area contributed by atoms with Crippen molar-refractivity contribution in [3.05, 3.63) is 82.9 Å². The zero-order valence-corrected chi connectivity index (χ0v) is 14.7. The molecule has 4 rings (SSSR count). The van der Waals surface area contributed by atoms with Gasteiger partial charge in [-0.1, -0.05) is 41.9 Å². The Labute approximate surface area is 158 Å². The normalized spacial score (nSPS) is 10.9. The van der Waals surface area contributed by atoms with E-state index < -0.39 is 11.7 Å². The van der Waals surface area contributed by atoms with Crippen molar-refractivity contribution < 1.29 is 9.18 Å². The number of hydrogen-bond donors (Lipinski definition) is 1. The average molecular weight is 382 g/mol. The molecule has 0 unspecified atom stereocenters. The molecule has 0 spiro atoms. The lowest BCUT2D eigenvalue weighted by molar-refractivity contribution is 0.0949. The molecule has 4 aromatic rings. The molecule has 0 aliphatic carbocycles. The van der Waals surface area contributed by atoms with Gasteiger partial charge in [0.1, 0.15) is 5.82 Å². The number of nitrogens with one attached hydrogen (secondary N) is 1. The first-order valence-corrected chi connectivity index (χ1v) is 8.49. The fourth-order valence-electron chi connectivity index (χ4n) is 2.63. The lowest BCUT2D eigenvalue weighted by atomic mass is 10.1. The number of fused-ring (bicyclic) bond motifs is 1. The van der Waals surface area contributed by atoms with Gasteiger partial charge in [0.15, 0.2) is 11.5 Å². The second-order valence-corrected chi connectivity index (χ2v) is 6.18. The molecule has 8 heteroatoms. The first-order chi connectivity index (χ1) is 13.1. The van der Waals surface area contributed by atoms with Crippen molar-refractivity contribution in [3.63, 3.8) is 0 Å². The number of aromatic nitrogens is 4. The van der Waals surface area contributed by atoms with Crippen molar-refractivity contribution in [1.82, 2.24) is 25.1 Å². The van der Waals surface area contributed by atoms with Crippen LogP contribution in [-0.4, -0.2) is 25.7 Å². The van der Waals surface area contributed by atoms with E-state index in [1.807, 2.05) is 36.4 Å². The van der Waals surface area contributed by atoms with Crippen molar-refractivity contribution in [3.8, 4) is 11.3 Å². The number of nitrogens with zero attached hydrogens (tertiary/aromatic N) is 4. The highest BCUT2D eigenvalue weighted by Crippen LogP contribution is 2.18. The summed E-state index contributed by atoms with van der Waals surface area (Å²) in [7, 11) is 0. The van der Waals surface area contributed by atoms with E-state index >= 15 is 0 Å². The number of rotatable bonds is 4. The van der Waals surface area contributed by atoms with E-state index in [1.165, 1.54) is 12.1 Å². The minimum atomic E-state index is -0.536. The van der Waals surface area contributed by atoms with Crippen LogP contribution in [0.3, 0.4) is 0 Å². The monoisotopic (exact) mass is 381 g/mol. The lowest BCUT2D eigenvalue weighted by Gasteiger charge is -2.06. The van der Waals surface area contributed by atoms with Crippen LogP contribution < -0.4 is 5.32 Å². The van der Waals surface area contributed by atoms with Gasteiger partial charge in [0.25, 0.3) is 5.91 Å². The second kappa shape index (κ2) is 7.13. The van der Waals surface area contributed by atoms with Crippen molar-refractivity contribution in [1.29, 1.82) is 0 Å². The number of halogens is 2. The maximum absolute atomic E-state index is 13.4. The van der Waals surface area contributed by atoms with E-state index in [2.05, 4.69) is 20.6 Å². The molecule has 1 amide bonds. The van der Waals surface area contributed by atoms with Crippen LogP contribution in [0.4, 0.5) is 4.39 Å². The Balaban J connectivity index is 1.59. The van der Waals surface area contributed by atoms with E-state index in [0.29, 0.717) is 11.5 Å². The van der Waals surface area contributed by atoms with Crippen LogP contribution in [0.1, 0.15) is 16.2 Å². The van der Waals surface area contributed by atoms with Crippen molar-refractivity contribution in [2.24, 2.45) is 0 Å². The molecule has 0 atom stereocenters. The molecule has 27 heavy (non-hydrogen) atoms. The van der Waals surface area contributed by atoms with Gasteiger partial charge in [-0.05, 0) is 30.3 Å². The number of hydrogen-bond acceptors (Lipinski definition) is 4. The van der Waals surface area contributed by atoms with Crippen molar-refractivity contribution in [2.45, 2.75) is 6.54 Å². The third-order valence-electron chi connectivity index (χ3n) is 3.98. The van der Waals surface area contributed by atoms with Crippen LogP contribution in [0, 0.1) is 5.82 Å². The number of benzene rings is 2. The van der Waals surface area contributed by atoms with Gasteiger partial charge in [-0.25, -0.2) is 4.39 Å². The van der Waals surface area contributed by atoms with Crippen molar-refractivity contribution >= 4 is 23.2 Å². The minimum absolute atomic E-state index is 0.0587. The van der Waals surface area contributed by atoms with Crippen LogP contribution in [0.15, 0.2) is 60.7 Å². The highest BCUT2D eigenvalue weighted by atomic mass is 35.5. The number of amides is 1. The Morgan fingerprint density at radius 1 is 1.07 bits per heavy atom. The SMILES string of the molecule is O=C(NCc1nnc2ccc(-c3ccccc3)nn12)c1cc(F)ccc1Cl. The summed E-state index contributed by atoms with van der Waals surface area (Å²) in [6.07, 6.45) is 0. The smallest absolute Gasteiger partial charge is 0.253 e. The van der Waals surface area contributed by atoms with Crippen LogP contribution in [0.25, 0.3) is 16.9 Å². The molecule has 0 aliphatic heterocycles. The van der Waals surface area contributed by atoms with E-state index in [1.54, 1.807) is 10.6 Å². The quantitative estimate of drug-likeness (QED) is 0.587. The third-order valence-corrected chi connectivity index (χ3v) is 4.31. The second-order valence-electron chi connectivity index (χ2n) is 5.78. The van der Waals surface area contributed by atoms with Gasteiger partial charge in [-0.2, -0.15) is 9.61 Å². The number of carbonyl (C=O) groups excluding carboxylic acids is 1. The molecule has 2 heterocycles. The van der Waals surface area contributed by atoms with Gasteiger partial charge in [0, 0.05) is 5.56 Å². The maximum Gasteiger partial charge on any atom is 0.253 e. The molecule has 0 aliphatic rings. The standard InChI is InChI=1S/C19H13ClFN5O/c20-15-7-6-13(21)10-14(15)19(27)22-11-18-24-23-17-9-8-16(25-26(17)18)12-4-2-1-3-5-12/h1-10H,11H2,(H,22,27).